The summed E-state index contributed by atoms with van der Waals surface area (Å²) in [4.78, 5) is 12.5. The van der Waals surface area contributed by atoms with Gasteiger partial charge in [-0.15, -0.1) is 11.8 Å². The van der Waals surface area contributed by atoms with E-state index in [2.05, 4.69) is 0 Å². The van der Waals surface area contributed by atoms with Crippen LogP contribution in [-0.4, -0.2) is 18.6 Å². The molecule has 0 spiro atoms. The highest BCUT2D eigenvalue weighted by Crippen LogP contribution is 2.21. The summed E-state index contributed by atoms with van der Waals surface area (Å²) in [6.07, 6.45) is 0. The first kappa shape index (κ1) is 12.1. The van der Waals surface area contributed by atoms with Gasteiger partial charge in [0, 0.05) is 10.8 Å². The summed E-state index contributed by atoms with van der Waals surface area (Å²) in [7, 11) is 1.64. The zero-order valence-electron chi connectivity index (χ0n) is 9.32. The minimum atomic E-state index is 0.121. The smallest absolute Gasteiger partial charge is 0.145 e. The van der Waals surface area contributed by atoms with Crippen molar-refractivity contribution in [3.63, 3.8) is 0 Å². The van der Waals surface area contributed by atoms with Crippen molar-refractivity contribution in [2.24, 2.45) is 5.92 Å². The quantitative estimate of drug-likeness (QED) is 0.719. The topological polar surface area (TPSA) is 26.3 Å². The van der Waals surface area contributed by atoms with Gasteiger partial charge in [0.25, 0.3) is 0 Å². The summed E-state index contributed by atoms with van der Waals surface area (Å²) < 4.78 is 5.06. The van der Waals surface area contributed by atoms with Gasteiger partial charge in [-0.3, -0.25) is 4.79 Å². The molecule has 0 fully saturated rings. The van der Waals surface area contributed by atoms with E-state index < -0.39 is 0 Å². The molecular weight excluding hydrogens is 208 g/mol. The zero-order chi connectivity index (χ0) is 11.3. The largest absolute Gasteiger partial charge is 0.497 e. The van der Waals surface area contributed by atoms with Gasteiger partial charge in [-0.1, -0.05) is 13.8 Å². The van der Waals surface area contributed by atoms with E-state index in [1.54, 1.807) is 18.9 Å². The van der Waals surface area contributed by atoms with E-state index in [-0.39, 0.29) is 11.7 Å². The van der Waals surface area contributed by atoms with Gasteiger partial charge in [0.1, 0.15) is 11.5 Å². The molecule has 1 aromatic carbocycles. The maximum atomic E-state index is 11.4. The Hall–Kier alpha value is -0.960. The van der Waals surface area contributed by atoms with Gasteiger partial charge < -0.3 is 4.74 Å². The number of rotatable bonds is 5. The Morgan fingerprint density at radius 1 is 1.33 bits per heavy atom. The molecule has 0 atom stereocenters. The number of benzene rings is 1. The molecule has 82 valence electrons. The molecular formula is C12H16O2S. The molecule has 0 unspecified atom stereocenters. The second kappa shape index (κ2) is 5.81. The second-order valence-corrected chi connectivity index (χ2v) is 4.63. The second-order valence-electron chi connectivity index (χ2n) is 3.59. The number of methoxy groups -OCH3 is 1. The Morgan fingerprint density at radius 2 is 1.93 bits per heavy atom. The van der Waals surface area contributed by atoms with E-state index >= 15 is 0 Å². The van der Waals surface area contributed by atoms with E-state index in [1.807, 2.05) is 38.1 Å². The number of thioether (sulfide) groups is 1. The highest BCUT2D eigenvalue weighted by Gasteiger charge is 2.07. The monoisotopic (exact) mass is 224 g/mol. The molecule has 0 aromatic heterocycles. The summed E-state index contributed by atoms with van der Waals surface area (Å²) in [5.74, 6) is 1.80. The number of ether oxygens (including phenoxy) is 1. The molecule has 0 aliphatic heterocycles. The number of ketones is 1. The van der Waals surface area contributed by atoms with Gasteiger partial charge in [-0.2, -0.15) is 0 Å². The minimum Gasteiger partial charge on any atom is -0.497 e. The van der Waals surface area contributed by atoms with Gasteiger partial charge in [-0.25, -0.2) is 0 Å². The minimum absolute atomic E-state index is 0.121. The van der Waals surface area contributed by atoms with Crippen molar-refractivity contribution in [1.29, 1.82) is 0 Å². The van der Waals surface area contributed by atoms with Crippen LogP contribution < -0.4 is 4.74 Å². The van der Waals surface area contributed by atoms with E-state index in [9.17, 15) is 4.79 Å². The van der Waals surface area contributed by atoms with E-state index in [4.69, 9.17) is 4.74 Å². The maximum absolute atomic E-state index is 11.4. The number of carbonyl (C=O) groups excluding carboxylic acids is 1. The SMILES string of the molecule is COc1ccc(SCC(=O)C(C)C)cc1. The van der Waals surface area contributed by atoms with Crippen molar-refractivity contribution >= 4 is 17.5 Å². The standard InChI is InChI=1S/C12H16O2S/c1-9(2)12(13)8-15-11-6-4-10(14-3)5-7-11/h4-7,9H,8H2,1-3H3. The zero-order valence-corrected chi connectivity index (χ0v) is 10.1. The number of hydrogen-bond acceptors (Lipinski definition) is 3. The van der Waals surface area contributed by atoms with Crippen LogP contribution in [0.3, 0.4) is 0 Å². The third-order valence-corrected chi connectivity index (χ3v) is 3.12. The van der Waals surface area contributed by atoms with Crippen molar-refractivity contribution in [1.82, 2.24) is 0 Å². The summed E-state index contributed by atoms with van der Waals surface area (Å²) in [6, 6.07) is 7.75. The first-order valence-corrected chi connectivity index (χ1v) is 5.91. The molecule has 1 aromatic rings. The third kappa shape index (κ3) is 3.96. The lowest BCUT2D eigenvalue weighted by atomic mass is 10.1. The molecule has 3 heteroatoms. The number of carbonyl (C=O) groups is 1. The molecule has 15 heavy (non-hydrogen) atoms. The van der Waals surface area contributed by atoms with Gasteiger partial charge in [0.2, 0.25) is 0 Å². The lowest BCUT2D eigenvalue weighted by Gasteiger charge is -2.04. The summed E-state index contributed by atoms with van der Waals surface area (Å²) >= 11 is 1.57. The van der Waals surface area contributed by atoms with Crippen LogP contribution in [0.4, 0.5) is 0 Å². The Morgan fingerprint density at radius 3 is 2.40 bits per heavy atom. The molecule has 0 aliphatic carbocycles. The molecule has 0 N–H and O–H groups in total. The average molecular weight is 224 g/mol. The lowest BCUT2D eigenvalue weighted by Crippen LogP contribution is -2.09. The fraction of sp³-hybridized carbons (Fsp3) is 0.417. The molecule has 0 saturated heterocycles. The highest BCUT2D eigenvalue weighted by atomic mass is 32.2. The van der Waals surface area contributed by atoms with Crippen LogP contribution in [0.2, 0.25) is 0 Å². The van der Waals surface area contributed by atoms with E-state index in [0.29, 0.717) is 5.75 Å². The molecule has 0 bridgehead atoms. The van der Waals surface area contributed by atoms with Crippen LogP contribution in [0.5, 0.6) is 5.75 Å². The van der Waals surface area contributed by atoms with Gasteiger partial charge >= 0.3 is 0 Å². The Labute approximate surface area is 95.0 Å². The van der Waals surface area contributed by atoms with Crippen LogP contribution in [0, 0.1) is 5.92 Å². The fourth-order valence-electron chi connectivity index (χ4n) is 0.993. The van der Waals surface area contributed by atoms with Crippen LogP contribution in [0.25, 0.3) is 0 Å². The molecule has 0 amide bonds. The van der Waals surface area contributed by atoms with Crippen LogP contribution in [0.15, 0.2) is 29.2 Å². The number of Topliss-reactive ketones (excluding diaryl/α,β-unsaturated/α-hetero) is 1. The van der Waals surface area contributed by atoms with Crippen LogP contribution in [-0.2, 0) is 4.79 Å². The number of hydrogen-bond donors (Lipinski definition) is 0. The predicted octanol–water partition coefficient (Wildman–Crippen LogP) is 3.01. The first-order chi connectivity index (χ1) is 7.13. The van der Waals surface area contributed by atoms with Gasteiger partial charge in [0.05, 0.1) is 12.9 Å². The molecule has 1 rings (SSSR count). The molecule has 0 aliphatic rings. The first-order valence-electron chi connectivity index (χ1n) is 4.93. The highest BCUT2D eigenvalue weighted by molar-refractivity contribution is 8.00. The Bertz CT molecular complexity index is 317. The normalized spacial score (nSPS) is 10.4. The van der Waals surface area contributed by atoms with Crippen LogP contribution in [0.1, 0.15) is 13.8 Å². The summed E-state index contributed by atoms with van der Waals surface area (Å²) in [6.45, 7) is 3.85. The molecule has 0 radical (unpaired) electrons. The van der Waals surface area contributed by atoms with Gasteiger partial charge in [0.15, 0.2) is 0 Å². The lowest BCUT2D eigenvalue weighted by molar-refractivity contribution is -0.119. The van der Waals surface area contributed by atoms with Crippen molar-refractivity contribution in [3.05, 3.63) is 24.3 Å². The average Bonchev–Trinajstić information content (AvgIpc) is 2.26. The summed E-state index contributed by atoms with van der Waals surface area (Å²) in [5.41, 5.74) is 0. The van der Waals surface area contributed by atoms with Crippen molar-refractivity contribution in [2.75, 3.05) is 12.9 Å². The molecule has 2 nitrogen and oxygen atoms in total. The van der Waals surface area contributed by atoms with Crippen LogP contribution >= 0.6 is 11.8 Å². The summed E-state index contributed by atoms with van der Waals surface area (Å²) in [5, 5.41) is 0. The van der Waals surface area contributed by atoms with E-state index in [1.165, 1.54) is 0 Å². The third-order valence-electron chi connectivity index (χ3n) is 2.08. The Kier molecular flexibility index (Phi) is 4.69. The molecule has 0 heterocycles. The molecule has 0 saturated carbocycles. The fourth-order valence-corrected chi connectivity index (χ4v) is 1.96. The van der Waals surface area contributed by atoms with Crippen molar-refractivity contribution < 1.29 is 9.53 Å². The Balaban J connectivity index is 2.47. The predicted molar refractivity (Wildman–Crippen MR) is 63.6 cm³/mol. The van der Waals surface area contributed by atoms with Gasteiger partial charge in [-0.05, 0) is 24.3 Å². The maximum Gasteiger partial charge on any atom is 0.145 e. The van der Waals surface area contributed by atoms with E-state index in [0.717, 1.165) is 10.6 Å². The van der Waals surface area contributed by atoms with Crippen molar-refractivity contribution in [3.8, 4) is 5.75 Å². The van der Waals surface area contributed by atoms with Crippen molar-refractivity contribution in [2.45, 2.75) is 18.7 Å².